The summed E-state index contributed by atoms with van der Waals surface area (Å²) in [5.41, 5.74) is 0. The van der Waals surface area contributed by atoms with Gasteiger partial charge < -0.3 is 15.2 Å². The summed E-state index contributed by atoms with van der Waals surface area (Å²) in [5.74, 6) is 2.59. The Kier molecular flexibility index (Phi) is 8.06. The number of guanidine groups is 1. The van der Waals surface area contributed by atoms with Crippen LogP contribution in [0.2, 0.25) is 0 Å². The number of aryl methyl sites for hydroxylation is 1. The van der Waals surface area contributed by atoms with E-state index in [1.165, 1.54) is 25.7 Å². The summed E-state index contributed by atoms with van der Waals surface area (Å²) in [6.45, 7) is 7.50. The molecule has 1 aromatic heterocycles. The van der Waals surface area contributed by atoms with Crippen LogP contribution in [-0.2, 0) is 6.42 Å². The SMILES string of the molecule is CN=C(NCCCc1nnc(SC)n1C1CCCC1)NC(C)C(C)C. The zero-order valence-electron chi connectivity index (χ0n) is 16.4. The average Bonchev–Trinajstić information content (AvgIpc) is 3.25. The molecule has 0 aromatic carbocycles. The van der Waals surface area contributed by atoms with E-state index < -0.39 is 0 Å². The predicted octanol–water partition coefficient (Wildman–Crippen LogP) is 3.26. The second-order valence-electron chi connectivity index (χ2n) is 7.19. The van der Waals surface area contributed by atoms with E-state index in [-0.39, 0.29) is 0 Å². The molecule has 1 saturated carbocycles. The monoisotopic (exact) mass is 366 g/mol. The highest BCUT2D eigenvalue weighted by Crippen LogP contribution is 2.33. The summed E-state index contributed by atoms with van der Waals surface area (Å²) in [7, 11) is 1.82. The minimum atomic E-state index is 0.404. The van der Waals surface area contributed by atoms with Gasteiger partial charge in [-0.1, -0.05) is 38.5 Å². The smallest absolute Gasteiger partial charge is 0.191 e. The molecule has 1 aliphatic rings. The van der Waals surface area contributed by atoms with Gasteiger partial charge in [0.15, 0.2) is 11.1 Å². The van der Waals surface area contributed by atoms with E-state index in [0.717, 1.165) is 36.3 Å². The van der Waals surface area contributed by atoms with Crippen LogP contribution in [0.3, 0.4) is 0 Å². The molecule has 25 heavy (non-hydrogen) atoms. The van der Waals surface area contributed by atoms with Crippen molar-refractivity contribution in [3.63, 3.8) is 0 Å². The van der Waals surface area contributed by atoms with E-state index in [1.54, 1.807) is 11.8 Å². The lowest BCUT2D eigenvalue weighted by Crippen LogP contribution is -2.44. The first-order valence-electron chi connectivity index (χ1n) is 9.51. The summed E-state index contributed by atoms with van der Waals surface area (Å²) >= 11 is 1.70. The highest BCUT2D eigenvalue weighted by atomic mass is 32.2. The first kappa shape index (κ1) is 20.1. The summed E-state index contributed by atoms with van der Waals surface area (Å²) in [6, 6.07) is 1.00. The number of aliphatic imine (C=N–C) groups is 1. The fourth-order valence-electron chi connectivity index (χ4n) is 3.18. The normalized spacial score (nSPS) is 17.3. The third kappa shape index (κ3) is 5.62. The molecule has 2 rings (SSSR count). The molecule has 6 nitrogen and oxygen atoms in total. The molecular formula is C18H34N6S. The first-order chi connectivity index (χ1) is 12.1. The lowest BCUT2D eigenvalue weighted by molar-refractivity contribution is 0.459. The molecule has 1 aliphatic carbocycles. The van der Waals surface area contributed by atoms with Crippen molar-refractivity contribution in [2.75, 3.05) is 19.8 Å². The van der Waals surface area contributed by atoms with Gasteiger partial charge in [-0.05, 0) is 38.4 Å². The van der Waals surface area contributed by atoms with Gasteiger partial charge >= 0.3 is 0 Å². The van der Waals surface area contributed by atoms with Crippen LogP contribution in [-0.4, -0.2) is 46.6 Å². The number of hydrogen-bond donors (Lipinski definition) is 2. The Hall–Kier alpha value is -1.24. The van der Waals surface area contributed by atoms with Gasteiger partial charge in [0.2, 0.25) is 0 Å². The molecule has 0 amide bonds. The van der Waals surface area contributed by atoms with E-state index in [4.69, 9.17) is 0 Å². The van der Waals surface area contributed by atoms with Gasteiger partial charge in [0.1, 0.15) is 5.82 Å². The Labute approximate surface area is 156 Å². The standard InChI is InChI=1S/C18H34N6S/c1-13(2)14(3)21-17(19-4)20-12-8-11-16-22-23-18(25-5)24(16)15-9-6-7-10-15/h13-15H,6-12H2,1-5H3,(H2,19,20,21). The second kappa shape index (κ2) is 10.0. The fraction of sp³-hybridized carbons (Fsp3) is 0.833. The zero-order chi connectivity index (χ0) is 18.2. The molecule has 0 aliphatic heterocycles. The molecule has 0 radical (unpaired) electrons. The van der Waals surface area contributed by atoms with Crippen molar-refractivity contribution < 1.29 is 0 Å². The molecule has 2 N–H and O–H groups in total. The minimum Gasteiger partial charge on any atom is -0.356 e. The molecule has 1 atom stereocenters. The van der Waals surface area contributed by atoms with Crippen molar-refractivity contribution in [2.24, 2.45) is 10.9 Å². The van der Waals surface area contributed by atoms with E-state index in [1.807, 2.05) is 7.05 Å². The summed E-state index contributed by atoms with van der Waals surface area (Å²) in [4.78, 5) is 4.31. The van der Waals surface area contributed by atoms with Crippen LogP contribution < -0.4 is 10.6 Å². The van der Waals surface area contributed by atoms with Crippen LogP contribution in [0.1, 0.15) is 64.7 Å². The number of rotatable bonds is 8. The lowest BCUT2D eigenvalue weighted by Gasteiger charge is -2.21. The van der Waals surface area contributed by atoms with Crippen LogP contribution in [0.15, 0.2) is 10.1 Å². The van der Waals surface area contributed by atoms with E-state index in [2.05, 4.69) is 57.4 Å². The van der Waals surface area contributed by atoms with E-state index in [9.17, 15) is 0 Å². The number of aromatic nitrogens is 3. The molecule has 0 spiro atoms. The van der Waals surface area contributed by atoms with Crippen molar-refractivity contribution in [1.82, 2.24) is 25.4 Å². The lowest BCUT2D eigenvalue weighted by atomic mass is 10.1. The molecule has 1 aromatic rings. The number of nitrogens with one attached hydrogen (secondary N) is 2. The van der Waals surface area contributed by atoms with Crippen LogP contribution in [0, 0.1) is 5.92 Å². The van der Waals surface area contributed by atoms with Crippen LogP contribution in [0.25, 0.3) is 0 Å². The van der Waals surface area contributed by atoms with Gasteiger partial charge in [-0.15, -0.1) is 10.2 Å². The number of thioether (sulfide) groups is 1. The molecule has 142 valence electrons. The van der Waals surface area contributed by atoms with Gasteiger partial charge in [0.25, 0.3) is 0 Å². The van der Waals surface area contributed by atoms with Crippen LogP contribution in [0.5, 0.6) is 0 Å². The molecule has 1 fully saturated rings. The maximum absolute atomic E-state index is 4.46. The molecule has 0 saturated heterocycles. The molecule has 7 heteroatoms. The highest BCUT2D eigenvalue weighted by molar-refractivity contribution is 7.98. The van der Waals surface area contributed by atoms with Crippen molar-refractivity contribution in [3.8, 4) is 0 Å². The van der Waals surface area contributed by atoms with E-state index in [0.29, 0.717) is 18.0 Å². The summed E-state index contributed by atoms with van der Waals surface area (Å²) in [5, 5.41) is 16.8. The predicted molar refractivity (Wildman–Crippen MR) is 106 cm³/mol. The van der Waals surface area contributed by atoms with Gasteiger partial charge in [0, 0.05) is 32.1 Å². The van der Waals surface area contributed by atoms with Crippen molar-refractivity contribution in [3.05, 3.63) is 5.82 Å². The van der Waals surface area contributed by atoms with Gasteiger partial charge in [0.05, 0.1) is 0 Å². The maximum Gasteiger partial charge on any atom is 0.191 e. The van der Waals surface area contributed by atoms with Crippen molar-refractivity contribution >= 4 is 17.7 Å². The van der Waals surface area contributed by atoms with Crippen LogP contribution in [0.4, 0.5) is 0 Å². The van der Waals surface area contributed by atoms with Gasteiger partial charge in [-0.25, -0.2) is 0 Å². The van der Waals surface area contributed by atoms with Crippen molar-refractivity contribution in [2.45, 2.75) is 76.5 Å². The third-order valence-electron chi connectivity index (χ3n) is 5.07. The quantitative estimate of drug-likeness (QED) is 0.320. The van der Waals surface area contributed by atoms with Crippen LogP contribution >= 0.6 is 11.8 Å². The Bertz CT molecular complexity index is 548. The topological polar surface area (TPSA) is 67.1 Å². The first-order valence-corrected chi connectivity index (χ1v) is 10.7. The Morgan fingerprint density at radius 1 is 1.28 bits per heavy atom. The fourth-order valence-corrected chi connectivity index (χ4v) is 3.75. The van der Waals surface area contributed by atoms with Crippen molar-refractivity contribution in [1.29, 1.82) is 0 Å². The summed E-state index contributed by atoms with van der Waals surface area (Å²) < 4.78 is 2.39. The van der Waals surface area contributed by atoms with Gasteiger partial charge in [-0.3, -0.25) is 4.99 Å². The molecular weight excluding hydrogens is 332 g/mol. The highest BCUT2D eigenvalue weighted by Gasteiger charge is 2.23. The molecule has 1 heterocycles. The second-order valence-corrected chi connectivity index (χ2v) is 7.96. The zero-order valence-corrected chi connectivity index (χ0v) is 17.2. The molecule has 0 bridgehead atoms. The Balaban J connectivity index is 1.84. The number of hydrogen-bond acceptors (Lipinski definition) is 4. The summed E-state index contributed by atoms with van der Waals surface area (Å²) in [6.07, 6.45) is 9.25. The van der Waals surface area contributed by atoms with E-state index >= 15 is 0 Å². The Morgan fingerprint density at radius 3 is 2.60 bits per heavy atom. The average molecular weight is 367 g/mol. The maximum atomic E-state index is 4.46. The Morgan fingerprint density at radius 2 is 2.00 bits per heavy atom. The largest absolute Gasteiger partial charge is 0.356 e. The minimum absolute atomic E-state index is 0.404. The third-order valence-corrected chi connectivity index (χ3v) is 5.71. The molecule has 1 unspecified atom stereocenters. The number of nitrogens with zero attached hydrogens (tertiary/aromatic N) is 4. The van der Waals surface area contributed by atoms with Gasteiger partial charge in [-0.2, -0.15) is 0 Å².